The van der Waals surface area contributed by atoms with E-state index in [4.69, 9.17) is 8.53 Å². The van der Waals surface area contributed by atoms with Gasteiger partial charge < -0.3 is 15.1 Å². The highest BCUT2D eigenvalue weighted by atomic mass is 16.3. The lowest BCUT2D eigenvalue weighted by Gasteiger charge is -2.19. The molecule has 9 nitrogen and oxygen atoms in total. The summed E-state index contributed by atoms with van der Waals surface area (Å²) in [6, 6.07) is 5.24. The van der Waals surface area contributed by atoms with Crippen LogP contribution in [0.15, 0.2) is 47.5 Å². The minimum atomic E-state index is -2.36. The van der Waals surface area contributed by atoms with Crippen LogP contribution in [0.1, 0.15) is 39.3 Å². The summed E-state index contributed by atoms with van der Waals surface area (Å²) in [5.74, 6) is 0.698. The van der Waals surface area contributed by atoms with E-state index in [1.54, 1.807) is 18.3 Å². The second-order valence-corrected chi connectivity index (χ2v) is 7.18. The van der Waals surface area contributed by atoms with Gasteiger partial charge in [-0.2, -0.15) is 5.10 Å². The Morgan fingerprint density at radius 3 is 3.03 bits per heavy atom. The maximum atomic E-state index is 12.7. The second-order valence-electron chi connectivity index (χ2n) is 7.18. The molecule has 5 heterocycles. The summed E-state index contributed by atoms with van der Waals surface area (Å²) >= 11 is 0. The van der Waals surface area contributed by atoms with Crippen LogP contribution in [0.3, 0.4) is 0 Å². The van der Waals surface area contributed by atoms with Gasteiger partial charge in [-0.3, -0.25) is 9.48 Å². The number of hydrogen-bond acceptors (Lipinski definition) is 7. The monoisotopic (exact) mass is 406 g/mol. The number of carbonyl (C=O) groups is 1. The van der Waals surface area contributed by atoms with E-state index in [0.717, 1.165) is 36.0 Å². The molecule has 0 spiro atoms. The molecule has 0 bridgehead atoms. The Kier molecular flexibility index (Phi) is 3.91. The Balaban J connectivity index is 1.35. The van der Waals surface area contributed by atoms with Crippen LogP contribution in [0.4, 0.5) is 5.82 Å². The van der Waals surface area contributed by atoms with Gasteiger partial charge in [0, 0.05) is 46.4 Å². The summed E-state index contributed by atoms with van der Waals surface area (Å²) in [7, 11) is 0. The van der Waals surface area contributed by atoms with Crippen LogP contribution in [0.5, 0.6) is 0 Å². The summed E-state index contributed by atoms with van der Waals surface area (Å²) in [4.78, 5) is 25.9. The molecule has 0 radical (unpaired) electrons. The zero-order chi connectivity index (χ0) is 23.0. The molecular weight excluding hydrogens is 382 g/mol. The van der Waals surface area contributed by atoms with E-state index >= 15 is 0 Å². The number of rotatable bonds is 4. The van der Waals surface area contributed by atoms with E-state index in [9.17, 15) is 4.79 Å². The van der Waals surface area contributed by atoms with Crippen molar-refractivity contribution in [1.82, 2.24) is 30.0 Å². The third kappa shape index (κ3) is 3.67. The normalized spacial score (nSPS) is 16.7. The molecule has 1 amide bonds. The Morgan fingerprint density at radius 1 is 1.30 bits per heavy atom. The number of pyridine rings is 2. The van der Waals surface area contributed by atoms with Gasteiger partial charge in [-0.05, 0) is 38.1 Å². The summed E-state index contributed by atoms with van der Waals surface area (Å²) in [6.45, 7) is -0.547. The number of aryl methyl sites for hydroxylation is 1. The highest BCUT2D eigenvalue weighted by molar-refractivity contribution is 6.02. The summed E-state index contributed by atoms with van der Waals surface area (Å²) in [5, 5.41) is 10.7. The molecular formula is C21H21N7O2. The summed E-state index contributed by atoms with van der Waals surface area (Å²) in [5.41, 5.74) is 1.92. The van der Waals surface area contributed by atoms with E-state index in [-0.39, 0.29) is 11.6 Å². The summed E-state index contributed by atoms with van der Waals surface area (Å²) in [6.07, 6.45) is 7.70. The van der Waals surface area contributed by atoms with Crippen LogP contribution in [0, 0.1) is 0 Å². The average Bonchev–Trinajstić information content (AvgIpc) is 3.49. The van der Waals surface area contributed by atoms with Crippen LogP contribution < -0.4 is 10.6 Å². The lowest BCUT2D eigenvalue weighted by molar-refractivity contribution is 0.102. The molecule has 1 aliphatic rings. The molecule has 2 N–H and O–H groups in total. The van der Waals surface area contributed by atoms with Crippen LogP contribution in [0.2, 0.25) is 0 Å². The number of anilines is 1. The van der Waals surface area contributed by atoms with E-state index in [2.05, 4.69) is 30.7 Å². The van der Waals surface area contributed by atoms with Gasteiger partial charge in [0.1, 0.15) is 12.1 Å². The maximum absolute atomic E-state index is 12.7. The number of hydrogen-bond donors (Lipinski definition) is 2. The van der Waals surface area contributed by atoms with Gasteiger partial charge in [0.25, 0.3) is 5.91 Å². The molecule has 0 saturated carbocycles. The highest BCUT2D eigenvalue weighted by Crippen LogP contribution is 2.25. The fraction of sp³-hybridized carbons (Fsp3) is 0.286. The zero-order valence-corrected chi connectivity index (χ0v) is 16.0. The minimum Gasteiger partial charge on any atom is -0.448 e. The molecule has 152 valence electrons. The molecule has 5 rings (SSSR count). The van der Waals surface area contributed by atoms with Gasteiger partial charge in [-0.1, -0.05) is 0 Å². The SMILES string of the molecule is [2H]C([2H])([2H])n1cc(-c2ccc3cnc(NC(=O)c4coc(C5CCNCC5)n4)cc3n2)cn1. The molecule has 4 aromatic rings. The Morgan fingerprint density at radius 2 is 2.20 bits per heavy atom. The number of piperidine rings is 1. The van der Waals surface area contributed by atoms with Crippen LogP contribution in [-0.2, 0) is 6.98 Å². The predicted molar refractivity (Wildman–Crippen MR) is 111 cm³/mol. The number of nitrogens with zero attached hydrogens (tertiary/aromatic N) is 5. The van der Waals surface area contributed by atoms with Crippen molar-refractivity contribution in [2.45, 2.75) is 18.8 Å². The van der Waals surface area contributed by atoms with Crippen molar-refractivity contribution < 1.29 is 13.3 Å². The molecule has 0 aliphatic carbocycles. The molecule has 1 aliphatic heterocycles. The number of nitrogens with one attached hydrogen (secondary N) is 2. The second kappa shape index (κ2) is 7.68. The smallest absolute Gasteiger partial charge is 0.278 e. The first kappa shape index (κ1) is 15.3. The van der Waals surface area contributed by atoms with E-state index in [1.165, 1.54) is 18.7 Å². The number of carbonyl (C=O) groups excluding carboxylic acids is 1. The first-order valence-electron chi connectivity index (χ1n) is 11.2. The van der Waals surface area contributed by atoms with Crippen molar-refractivity contribution >= 4 is 22.6 Å². The third-order valence-corrected chi connectivity index (χ3v) is 5.14. The Labute approximate surface area is 176 Å². The first-order chi connectivity index (χ1) is 15.9. The van der Waals surface area contributed by atoms with Crippen LogP contribution in [-0.4, -0.2) is 43.7 Å². The number of amides is 1. The van der Waals surface area contributed by atoms with Gasteiger partial charge >= 0.3 is 0 Å². The lowest BCUT2D eigenvalue weighted by atomic mass is 9.98. The van der Waals surface area contributed by atoms with Crippen molar-refractivity contribution in [1.29, 1.82) is 0 Å². The van der Waals surface area contributed by atoms with E-state index in [1.807, 2.05) is 6.07 Å². The van der Waals surface area contributed by atoms with Gasteiger partial charge in [0.15, 0.2) is 11.6 Å². The van der Waals surface area contributed by atoms with Crippen molar-refractivity contribution in [2.75, 3.05) is 18.4 Å². The zero-order valence-electron chi connectivity index (χ0n) is 19.0. The molecule has 0 aromatic carbocycles. The van der Waals surface area contributed by atoms with Crippen molar-refractivity contribution in [3.8, 4) is 11.3 Å². The first-order valence-corrected chi connectivity index (χ1v) is 9.67. The number of aromatic nitrogens is 5. The molecule has 1 fully saturated rings. The highest BCUT2D eigenvalue weighted by Gasteiger charge is 2.22. The fourth-order valence-corrected chi connectivity index (χ4v) is 3.53. The van der Waals surface area contributed by atoms with Gasteiger partial charge in [-0.15, -0.1) is 0 Å². The number of fused-ring (bicyclic) bond motifs is 1. The standard InChI is InChI=1S/C21H21N7O2/c1-28-11-15(10-24-28)16-3-2-14-9-23-19(8-17(14)25-16)27-20(29)18-12-30-21(26-18)13-4-6-22-7-5-13/h2-3,8-13,22H,4-7H2,1H3,(H,23,27,29)/i1D3. The molecule has 4 aromatic heterocycles. The molecule has 0 unspecified atom stereocenters. The average molecular weight is 406 g/mol. The quantitative estimate of drug-likeness (QED) is 0.536. The molecule has 30 heavy (non-hydrogen) atoms. The molecule has 0 atom stereocenters. The van der Waals surface area contributed by atoms with Gasteiger partial charge in [0.2, 0.25) is 0 Å². The lowest BCUT2D eigenvalue weighted by Crippen LogP contribution is -2.26. The van der Waals surface area contributed by atoms with E-state index in [0.29, 0.717) is 28.5 Å². The van der Waals surface area contributed by atoms with Gasteiger partial charge in [-0.25, -0.2) is 15.0 Å². The third-order valence-electron chi connectivity index (χ3n) is 5.14. The number of oxazole rings is 1. The van der Waals surface area contributed by atoms with Crippen molar-refractivity contribution in [3.63, 3.8) is 0 Å². The largest absolute Gasteiger partial charge is 0.448 e. The predicted octanol–water partition coefficient (Wildman–Crippen LogP) is 2.74. The fourth-order valence-electron chi connectivity index (χ4n) is 3.53. The summed E-state index contributed by atoms with van der Waals surface area (Å²) < 4.78 is 28.8. The Hall–Kier alpha value is -3.59. The molecule has 9 heteroatoms. The topological polar surface area (TPSA) is 111 Å². The van der Waals surface area contributed by atoms with Crippen molar-refractivity contribution in [3.05, 3.63) is 54.6 Å². The molecule has 1 saturated heterocycles. The van der Waals surface area contributed by atoms with E-state index < -0.39 is 12.9 Å². The van der Waals surface area contributed by atoms with Gasteiger partial charge in [0.05, 0.1) is 17.4 Å². The minimum absolute atomic E-state index is 0.198. The van der Waals surface area contributed by atoms with Crippen LogP contribution >= 0.6 is 0 Å². The Bertz CT molecular complexity index is 1310. The van der Waals surface area contributed by atoms with Crippen LogP contribution in [0.25, 0.3) is 22.2 Å². The van der Waals surface area contributed by atoms with Crippen molar-refractivity contribution in [2.24, 2.45) is 6.98 Å². The maximum Gasteiger partial charge on any atom is 0.278 e.